The topological polar surface area (TPSA) is 66.8 Å². The number of halogens is 2. The zero-order chi connectivity index (χ0) is 19.8. The number of ether oxygens (including phenoxy) is 1. The van der Waals surface area contributed by atoms with Crippen LogP contribution in [-0.4, -0.2) is 50.9 Å². The fourth-order valence-electron chi connectivity index (χ4n) is 3.38. The van der Waals surface area contributed by atoms with Gasteiger partial charge in [0.1, 0.15) is 11.9 Å². The third-order valence-electron chi connectivity index (χ3n) is 4.80. The predicted octanol–water partition coefficient (Wildman–Crippen LogP) is 3.37. The molecule has 0 fully saturated rings. The Morgan fingerprint density at radius 2 is 1.89 bits per heavy atom. The molecular formula is C19H21Cl2NO4S. The van der Waals surface area contributed by atoms with Crippen LogP contribution in [-0.2, 0) is 16.3 Å². The van der Waals surface area contributed by atoms with Crippen LogP contribution < -0.4 is 4.74 Å². The Morgan fingerprint density at radius 3 is 2.48 bits per heavy atom. The highest BCUT2D eigenvalue weighted by Crippen LogP contribution is 2.42. The molecule has 0 spiro atoms. The molecule has 1 aliphatic rings. The molecule has 0 aliphatic heterocycles. The summed E-state index contributed by atoms with van der Waals surface area (Å²) >= 11 is 12.6. The Balaban J connectivity index is 1.95. The van der Waals surface area contributed by atoms with Crippen LogP contribution in [0.4, 0.5) is 0 Å². The molecule has 1 aliphatic carbocycles. The second-order valence-electron chi connectivity index (χ2n) is 6.71. The Hall–Kier alpha value is -1.31. The maximum Gasteiger partial charge on any atom is 0.175 e. The number of sulfone groups is 1. The maximum atomic E-state index is 11.6. The molecule has 5 nitrogen and oxygen atoms in total. The molecule has 2 atom stereocenters. The fraction of sp³-hybridized carbons (Fsp3) is 0.368. The number of aliphatic hydroxyl groups is 1. The molecule has 0 radical (unpaired) electrons. The van der Waals surface area contributed by atoms with E-state index in [0.717, 1.165) is 11.1 Å². The van der Waals surface area contributed by atoms with Crippen LogP contribution >= 0.6 is 23.2 Å². The molecule has 0 saturated heterocycles. The number of fused-ring (bicyclic) bond motifs is 1. The number of aliphatic hydroxyl groups excluding tert-OH is 1. The van der Waals surface area contributed by atoms with Crippen molar-refractivity contribution in [2.75, 3.05) is 26.5 Å². The summed E-state index contributed by atoms with van der Waals surface area (Å²) in [5.41, 5.74) is 1.89. The van der Waals surface area contributed by atoms with Crippen molar-refractivity contribution in [1.29, 1.82) is 0 Å². The van der Waals surface area contributed by atoms with Gasteiger partial charge in [0.05, 0.1) is 17.5 Å². The number of benzene rings is 2. The lowest BCUT2D eigenvalue weighted by molar-refractivity contribution is 0.0826. The Morgan fingerprint density at radius 1 is 1.22 bits per heavy atom. The molecule has 27 heavy (non-hydrogen) atoms. The van der Waals surface area contributed by atoms with Crippen LogP contribution in [0, 0.1) is 0 Å². The van der Waals surface area contributed by atoms with E-state index in [1.54, 1.807) is 18.2 Å². The molecule has 0 heterocycles. The third-order valence-corrected chi connectivity index (χ3v) is 6.48. The van der Waals surface area contributed by atoms with Gasteiger partial charge >= 0.3 is 0 Å². The lowest BCUT2D eigenvalue weighted by Crippen LogP contribution is -2.38. The van der Waals surface area contributed by atoms with Crippen molar-refractivity contribution in [3.63, 3.8) is 0 Å². The average Bonchev–Trinajstić information content (AvgIpc) is 2.94. The van der Waals surface area contributed by atoms with E-state index >= 15 is 0 Å². The summed E-state index contributed by atoms with van der Waals surface area (Å²) in [4.78, 5) is 2.27. The van der Waals surface area contributed by atoms with Crippen molar-refractivity contribution < 1.29 is 18.3 Å². The van der Waals surface area contributed by atoms with E-state index < -0.39 is 9.84 Å². The molecule has 8 heteroatoms. The number of nitrogens with zero attached hydrogens (tertiary/aromatic N) is 1. The number of rotatable bonds is 6. The highest BCUT2D eigenvalue weighted by molar-refractivity contribution is 7.90. The van der Waals surface area contributed by atoms with Crippen molar-refractivity contribution in [1.82, 2.24) is 4.90 Å². The van der Waals surface area contributed by atoms with Gasteiger partial charge in [-0.1, -0.05) is 23.2 Å². The summed E-state index contributed by atoms with van der Waals surface area (Å²) in [6, 6.07) is 9.88. The van der Waals surface area contributed by atoms with E-state index in [4.69, 9.17) is 27.9 Å². The van der Waals surface area contributed by atoms with E-state index in [2.05, 4.69) is 0 Å². The molecule has 0 saturated carbocycles. The van der Waals surface area contributed by atoms with Gasteiger partial charge in [-0.2, -0.15) is 0 Å². The van der Waals surface area contributed by atoms with Crippen molar-refractivity contribution in [3.05, 3.63) is 57.6 Å². The van der Waals surface area contributed by atoms with Gasteiger partial charge in [-0.3, -0.25) is 4.90 Å². The highest BCUT2D eigenvalue weighted by Gasteiger charge is 2.38. The summed E-state index contributed by atoms with van der Waals surface area (Å²) in [6.07, 6.45) is 1.50. The number of hydrogen-bond donors (Lipinski definition) is 1. The third kappa shape index (κ3) is 4.41. The average molecular weight is 430 g/mol. The summed E-state index contributed by atoms with van der Waals surface area (Å²) in [7, 11) is -1.34. The van der Waals surface area contributed by atoms with Crippen molar-refractivity contribution in [3.8, 4) is 5.75 Å². The van der Waals surface area contributed by atoms with E-state index in [9.17, 15) is 13.5 Å². The zero-order valence-electron chi connectivity index (χ0n) is 15.0. The lowest BCUT2D eigenvalue weighted by atomic mass is 10.1. The molecule has 0 bridgehead atoms. The van der Waals surface area contributed by atoms with E-state index in [0.29, 0.717) is 28.8 Å². The largest absolute Gasteiger partial charge is 0.484 e. The zero-order valence-corrected chi connectivity index (χ0v) is 17.4. The van der Waals surface area contributed by atoms with Crippen LogP contribution in [0.15, 0.2) is 41.3 Å². The van der Waals surface area contributed by atoms with Crippen LogP contribution in [0.1, 0.15) is 17.2 Å². The molecule has 1 N–H and O–H groups in total. The summed E-state index contributed by atoms with van der Waals surface area (Å²) < 4.78 is 29.5. The van der Waals surface area contributed by atoms with Crippen molar-refractivity contribution in [2.45, 2.75) is 23.5 Å². The van der Waals surface area contributed by atoms with Crippen molar-refractivity contribution >= 4 is 33.0 Å². The Labute approximate surface area is 169 Å². The van der Waals surface area contributed by atoms with E-state index in [-0.39, 0.29) is 23.6 Å². The van der Waals surface area contributed by atoms with Gasteiger partial charge in [0.2, 0.25) is 0 Å². The highest BCUT2D eigenvalue weighted by atomic mass is 35.5. The van der Waals surface area contributed by atoms with E-state index in [1.165, 1.54) is 18.4 Å². The first-order valence-corrected chi connectivity index (χ1v) is 11.1. The smallest absolute Gasteiger partial charge is 0.175 e. The number of likely N-dealkylation sites (N-methyl/N-ethyl adjacent to an activating group) is 1. The summed E-state index contributed by atoms with van der Waals surface area (Å²) in [5.74, 6) is 0.554. The van der Waals surface area contributed by atoms with E-state index in [1.807, 2.05) is 18.0 Å². The van der Waals surface area contributed by atoms with Gasteiger partial charge in [0.25, 0.3) is 0 Å². The Kier molecular flexibility index (Phi) is 6.03. The van der Waals surface area contributed by atoms with Gasteiger partial charge in [0.15, 0.2) is 9.84 Å². The van der Waals surface area contributed by atoms with Gasteiger partial charge in [-0.15, -0.1) is 0 Å². The van der Waals surface area contributed by atoms with Gasteiger partial charge < -0.3 is 9.84 Å². The molecule has 2 aromatic rings. The minimum atomic E-state index is -3.26. The first kappa shape index (κ1) is 20.4. The van der Waals surface area contributed by atoms with Crippen LogP contribution in [0.3, 0.4) is 0 Å². The van der Waals surface area contributed by atoms with Crippen molar-refractivity contribution in [2.24, 2.45) is 0 Å². The minimum absolute atomic E-state index is 0.0299. The van der Waals surface area contributed by atoms with Crippen LogP contribution in [0.2, 0.25) is 10.0 Å². The summed E-state index contributed by atoms with van der Waals surface area (Å²) in [5, 5.41) is 10.4. The standard InChI is InChI=1S/C19H21Cl2NO4S/c1-22(7-8-23)18-11-15-16(9-12(20)10-17(15)21)19(18)26-13-3-5-14(6-4-13)27(2,24)25/h3-6,9-10,18-19,23H,7-8,11H2,1-2H3/t18-,19+/m0/s1. The van der Waals surface area contributed by atoms with Gasteiger partial charge in [-0.05, 0) is 55.4 Å². The molecule has 0 amide bonds. The Bertz CT molecular complexity index is 931. The normalized spacial score (nSPS) is 19.3. The molecule has 2 aromatic carbocycles. The lowest BCUT2D eigenvalue weighted by Gasteiger charge is -2.30. The van der Waals surface area contributed by atoms with Crippen LogP contribution in [0.5, 0.6) is 5.75 Å². The SMILES string of the molecule is CN(CCO)[C@H]1Cc2c(Cl)cc(Cl)cc2[C@H]1Oc1ccc(S(C)(=O)=O)cc1. The second-order valence-corrected chi connectivity index (χ2v) is 9.57. The van der Waals surface area contributed by atoms with Gasteiger partial charge in [-0.25, -0.2) is 8.42 Å². The molecule has 3 rings (SSSR count). The molecular weight excluding hydrogens is 409 g/mol. The monoisotopic (exact) mass is 429 g/mol. The number of hydrogen-bond acceptors (Lipinski definition) is 5. The molecule has 146 valence electrons. The van der Waals surface area contributed by atoms with Crippen LogP contribution in [0.25, 0.3) is 0 Å². The fourth-order valence-corrected chi connectivity index (χ4v) is 4.60. The first-order valence-electron chi connectivity index (χ1n) is 8.46. The summed E-state index contributed by atoms with van der Waals surface area (Å²) in [6.45, 7) is 0.532. The minimum Gasteiger partial charge on any atom is -0.484 e. The molecule has 0 aromatic heterocycles. The molecule has 0 unspecified atom stereocenters. The maximum absolute atomic E-state index is 11.6. The van der Waals surface area contributed by atoms with Gasteiger partial charge in [0, 0.05) is 28.4 Å². The second kappa shape index (κ2) is 7.97. The first-order chi connectivity index (χ1) is 12.7. The predicted molar refractivity (Wildman–Crippen MR) is 107 cm³/mol. The quantitative estimate of drug-likeness (QED) is 0.762.